The van der Waals surface area contributed by atoms with Gasteiger partial charge in [-0.25, -0.2) is 9.37 Å². The predicted octanol–water partition coefficient (Wildman–Crippen LogP) is 2.67. The molecular weight excluding hydrogens is 269 g/mol. The van der Waals surface area contributed by atoms with E-state index in [1.165, 1.54) is 0 Å². The normalized spacial score (nSPS) is 14.2. The van der Waals surface area contributed by atoms with Gasteiger partial charge in [0.05, 0.1) is 12.1 Å². The van der Waals surface area contributed by atoms with Crippen LogP contribution < -0.4 is 0 Å². The maximum atomic E-state index is 14.2. The number of aryl methyl sites for hydroxylation is 2. The van der Waals surface area contributed by atoms with E-state index in [0.29, 0.717) is 12.1 Å². The van der Waals surface area contributed by atoms with E-state index in [4.69, 9.17) is 0 Å². The van der Waals surface area contributed by atoms with Crippen LogP contribution in [0.25, 0.3) is 0 Å². The van der Waals surface area contributed by atoms with Crippen LogP contribution in [0.1, 0.15) is 34.6 Å². The fourth-order valence-corrected chi connectivity index (χ4v) is 2.42. The van der Waals surface area contributed by atoms with Crippen molar-refractivity contribution in [2.24, 2.45) is 7.05 Å². The highest BCUT2D eigenvalue weighted by Gasteiger charge is 2.34. The number of carbonyl (C=O) groups excluding carboxylic acids is 1. The first-order valence-corrected chi connectivity index (χ1v) is 7.10. The second-order valence-electron chi connectivity index (χ2n) is 5.56. The van der Waals surface area contributed by atoms with Crippen molar-refractivity contribution < 1.29 is 9.18 Å². The minimum absolute atomic E-state index is 0.149. The molecule has 0 atom stereocenters. The van der Waals surface area contributed by atoms with Gasteiger partial charge in [0.1, 0.15) is 11.6 Å². The first kappa shape index (κ1) is 13.8. The molecule has 0 unspecified atom stereocenters. The fourth-order valence-electron chi connectivity index (χ4n) is 2.42. The quantitative estimate of drug-likeness (QED) is 0.867. The summed E-state index contributed by atoms with van der Waals surface area (Å²) in [4.78, 5) is 18.7. The van der Waals surface area contributed by atoms with E-state index in [-0.39, 0.29) is 17.5 Å². The number of imidazole rings is 1. The lowest BCUT2D eigenvalue weighted by Gasteiger charge is -2.22. The van der Waals surface area contributed by atoms with Gasteiger partial charge in [-0.1, -0.05) is 12.1 Å². The van der Waals surface area contributed by atoms with Crippen LogP contribution in [0.4, 0.5) is 4.39 Å². The molecule has 1 aliphatic rings. The van der Waals surface area contributed by atoms with Crippen molar-refractivity contribution in [2.45, 2.75) is 32.4 Å². The van der Waals surface area contributed by atoms with E-state index in [1.54, 1.807) is 36.2 Å². The number of hydrogen-bond donors (Lipinski definition) is 0. The fraction of sp³-hybridized carbons (Fsp3) is 0.375. The molecule has 1 aromatic carbocycles. The summed E-state index contributed by atoms with van der Waals surface area (Å²) in [5, 5.41) is 0. The summed E-state index contributed by atoms with van der Waals surface area (Å²) < 4.78 is 16.1. The second kappa shape index (κ2) is 5.31. The van der Waals surface area contributed by atoms with Crippen molar-refractivity contribution >= 4 is 5.91 Å². The van der Waals surface area contributed by atoms with Crippen molar-refractivity contribution in [2.75, 3.05) is 0 Å². The van der Waals surface area contributed by atoms with Crippen LogP contribution in [-0.2, 0) is 13.6 Å². The first-order chi connectivity index (χ1) is 10.1. The Hall–Kier alpha value is -2.17. The average Bonchev–Trinajstić information content (AvgIpc) is 3.22. The van der Waals surface area contributed by atoms with Gasteiger partial charge >= 0.3 is 0 Å². The summed E-state index contributed by atoms with van der Waals surface area (Å²) in [5.41, 5.74) is 0.643. The highest BCUT2D eigenvalue weighted by atomic mass is 19.1. The Morgan fingerprint density at radius 2 is 2.24 bits per heavy atom. The molecule has 1 heterocycles. The van der Waals surface area contributed by atoms with Crippen LogP contribution in [0.15, 0.2) is 30.6 Å². The summed E-state index contributed by atoms with van der Waals surface area (Å²) >= 11 is 0. The Morgan fingerprint density at radius 3 is 2.86 bits per heavy atom. The SMILES string of the molecule is Cc1cccc(C(=O)N(Cc2nccn2C)C2CC2)c1F. The molecule has 1 aromatic heterocycles. The zero-order valence-corrected chi connectivity index (χ0v) is 12.2. The Balaban J connectivity index is 1.89. The number of benzene rings is 1. The van der Waals surface area contributed by atoms with Gasteiger partial charge in [0.25, 0.3) is 5.91 Å². The van der Waals surface area contributed by atoms with Crippen LogP contribution in [0.5, 0.6) is 0 Å². The van der Waals surface area contributed by atoms with Crippen LogP contribution in [0, 0.1) is 12.7 Å². The minimum atomic E-state index is -0.423. The number of nitrogens with zero attached hydrogens (tertiary/aromatic N) is 3. The zero-order valence-electron chi connectivity index (χ0n) is 12.2. The maximum absolute atomic E-state index is 14.2. The van der Waals surface area contributed by atoms with Crippen LogP contribution >= 0.6 is 0 Å². The molecular formula is C16H18FN3O. The molecule has 0 bridgehead atoms. The molecule has 0 radical (unpaired) electrons. The average molecular weight is 287 g/mol. The molecule has 0 N–H and O–H groups in total. The van der Waals surface area contributed by atoms with Gasteiger partial charge in [0.2, 0.25) is 0 Å². The number of carbonyl (C=O) groups is 1. The Morgan fingerprint density at radius 1 is 1.48 bits per heavy atom. The number of halogens is 1. The minimum Gasteiger partial charge on any atom is -0.337 e. The lowest BCUT2D eigenvalue weighted by molar-refractivity contribution is 0.0719. The van der Waals surface area contributed by atoms with Gasteiger partial charge in [-0.05, 0) is 31.4 Å². The lowest BCUT2D eigenvalue weighted by atomic mass is 10.1. The van der Waals surface area contributed by atoms with Crippen LogP contribution in [0.2, 0.25) is 0 Å². The predicted molar refractivity (Wildman–Crippen MR) is 77.2 cm³/mol. The topological polar surface area (TPSA) is 38.1 Å². The lowest BCUT2D eigenvalue weighted by Crippen LogP contribution is -2.34. The van der Waals surface area contributed by atoms with Crippen LogP contribution in [-0.4, -0.2) is 26.4 Å². The zero-order chi connectivity index (χ0) is 15.0. The third kappa shape index (κ3) is 2.68. The van der Waals surface area contributed by atoms with E-state index < -0.39 is 5.82 Å². The largest absolute Gasteiger partial charge is 0.337 e. The van der Waals surface area contributed by atoms with Crippen molar-refractivity contribution in [1.82, 2.24) is 14.5 Å². The summed E-state index contributed by atoms with van der Waals surface area (Å²) in [6.45, 7) is 2.09. The molecule has 1 fully saturated rings. The Kier molecular flexibility index (Phi) is 3.49. The highest BCUT2D eigenvalue weighted by Crippen LogP contribution is 2.30. The Labute approximate surface area is 123 Å². The molecule has 4 nitrogen and oxygen atoms in total. The van der Waals surface area contributed by atoms with Crippen LogP contribution in [0.3, 0.4) is 0 Å². The van der Waals surface area contributed by atoms with Gasteiger partial charge in [0.15, 0.2) is 0 Å². The summed E-state index contributed by atoms with van der Waals surface area (Å²) in [7, 11) is 1.89. The van der Waals surface area contributed by atoms with E-state index in [0.717, 1.165) is 18.7 Å². The molecule has 1 amide bonds. The molecule has 0 saturated heterocycles. The third-order valence-electron chi connectivity index (χ3n) is 3.90. The smallest absolute Gasteiger partial charge is 0.257 e. The van der Waals surface area contributed by atoms with Gasteiger partial charge in [-0.2, -0.15) is 0 Å². The molecule has 1 aliphatic carbocycles. The van der Waals surface area contributed by atoms with Gasteiger partial charge in [-0.15, -0.1) is 0 Å². The van der Waals surface area contributed by atoms with Crippen molar-refractivity contribution in [1.29, 1.82) is 0 Å². The molecule has 3 rings (SSSR count). The number of amides is 1. The van der Waals surface area contributed by atoms with Gasteiger partial charge < -0.3 is 9.47 Å². The Bertz CT molecular complexity index is 676. The standard InChI is InChI=1S/C16H18FN3O/c1-11-4-3-5-13(15(11)17)16(21)20(12-6-7-12)10-14-18-8-9-19(14)2/h3-5,8-9,12H,6-7,10H2,1-2H3. The monoisotopic (exact) mass is 287 g/mol. The number of aromatic nitrogens is 2. The summed E-state index contributed by atoms with van der Waals surface area (Å²) in [6, 6.07) is 5.15. The van der Waals surface area contributed by atoms with E-state index in [1.807, 2.05) is 17.8 Å². The van der Waals surface area contributed by atoms with E-state index in [9.17, 15) is 9.18 Å². The maximum Gasteiger partial charge on any atom is 0.257 e. The summed E-state index contributed by atoms with van der Waals surface area (Å²) in [5.74, 6) is 0.137. The highest BCUT2D eigenvalue weighted by molar-refractivity contribution is 5.95. The first-order valence-electron chi connectivity index (χ1n) is 7.10. The third-order valence-corrected chi connectivity index (χ3v) is 3.90. The van der Waals surface area contributed by atoms with Gasteiger partial charge in [0, 0.05) is 25.5 Å². The van der Waals surface area contributed by atoms with Crippen molar-refractivity contribution in [3.8, 4) is 0 Å². The molecule has 0 spiro atoms. The van der Waals surface area contributed by atoms with Crippen molar-refractivity contribution in [3.05, 3.63) is 53.4 Å². The molecule has 110 valence electrons. The molecule has 5 heteroatoms. The summed E-state index contributed by atoms with van der Waals surface area (Å²) in [6.07, 6.45) is 5.50. The molecule has 0 aliphatic heterocycles. The van der Waals surface area contributed by atoms with E-state index >= 15 is 0 Å². The molecule has 1 saturated carbocycles. The number of rotatable bonds is 4. The molecule has 2 aromatic rings. The van der Waals surface area contributed by atoms with Crippen molar-refractivity contribution in [3.63, 3.8) is 0 Å². The molecule has 21 heavy (non-hydrogen) atoms. The van der Waals surface area contributed by atoms with E-state index in [2.05, 4.69) is 4.98 Å². The number of hydrogen-bond acceptors (Lipinski definition) is 2. The van der Waals surface area contributed by atoms with Gasteiger partial charge in [-0.3, -0.25) is 4.79 Å². The second-order valence-corrected chi connectivity index (χ2v) is 5.56.